The van der Waals surface area contributed by atoms with Crippen molar-refractivity contribution < 1.29 is 8.42 Å². The van der Waals surface area contributed by atoms with Crippen molar-refractivity contribution in [1.29, 1.82) is 0 Å². The number of nitrogens with one attached hydrogen (secondary N) is 3. The molecule has 2 rings (SSSR count). The van der Waals surface area contributed by atoms with E-state index in [2.05, 4.69) is 39.1 Å². The van der Waals surface area contributed by atoms with Crippen molar-refractivity contribution in [3.8, 4) is 0 Å². The van der Waals surface area contributed by atoms with Crippen LogP contribution in [0.25, 0.3) is 0 Å². The van der Waals surface area contributed by atoms with Crippen LogP contribution in [-0.2, 0) is 10.0 Å². The van der Waals surface area contributed by atoms with Crippen LogP contribution >= 0.6 is 0 Å². The number of rotatable bonds is 9. The van der Waals surface area contributed by atoms with E-state index in [1.807, 2.05) is 0 Å². The Kier molecular flexibility index (Phi) is 8.63. The summed E-state index contributed by atoms with van der Waals surface area (Å²) in [6.45, 7) is 8.83. The van der Waals surface area contributed by atoms with Gasteiger partial charge in [-0.15, -0.1) is 0 Å². The summed E-state index contributed by atoms with van der Waals surface area (Å²) in [6.07, 6.45) is 5.70. The molecule has 3 N–H and O–H groups in total. The van der Waals surface area contributed by atoms with Crippen molar-refractivity contribution in [2.24, 2.45) is 16.8 Å². The van der Waals surface area contributed by atoms with E-state index in [1.54, 1.807) is 7.05 Å². The van der Waals surface area contributed by atoms with Crippen molar-refractivity contribution in [3.63, 3.8) is 0 Å². The third kappa shape index (κ3) is 7.80. The first-order valence-electron chi connectivity index (χ1n) is 10.0. The van der Waals surface area contributed by atoms with Crippen LogP contribution in [0.3, 0.4) is 0 Å². The molecule has 0 aromatic carbocycles. The third-order valence-corrected chi connectivity index (χ3v) is 6.60. The molecule has 2 aliphatic rings. The molecule has 0 radical (unpaired) electrons. The summed E-state index contributed by atoms with van der Waals surface area (Å²) in [5.74, 6) is 2.01. The highest BCUT2D eigenvalue weighted by atomic mass is 32.2. The summed E-state index contributed by atoms with van der Waals surface area (Å²) >= 11 is 0. The fourth-order valence-electron chi connectivity index (χ4n) is 3.48. The summed E-state index contributed by atoms with van der Waals surface area (Å²) < 4.78 is 26.8. The van der Waals surface area contributed by atoms with E-state index in [1.165, 1.54) is 6.42 Å². The highest BCUT2D eigenvalue weighted by Gasteiger charge is 2.21. The van der Waals surface area contributed by atoms with Crippen molar-refractivity contribution in [2.45, 2.75) is 52.0 Å². The molecule has 1 aliphatic carbocycles. The second-order valence-electron chi connectivity index (χ2n) is 8.08. The van der Waals surface area contributed by atoms with Gasteiger partial charge in [0.05, 0.1) is 5.75 Å². The highest BCUT2D eigenvalue weighted by Crippen LogP contribution is 2.25. The maximum absolute atomic E-state index is 12.0. The van der Waals surface area contributed by atoms with Crippen LogP contribution in [0.1, 0.15) is 46.0 Å². The van der Waals surface area contributed by atoms with Gasteiger partial charge in [0.1, 0.15) is 0 Å². The predicted molar refractivity (Wildman–Crippen MR) is 108 cm³/mol. The van der Waals surface area contributed by atoms with Crippen LogP contribution in [0.2, 0.25) is 0 Å². The van der Waals surface area contributed by atoms with E-state index in [9.17, 15) is 8.42 Å². The van der Waals surface area contributed by atoms with Crippen molar-refractivity contribution in [3.05, 3.63) is 0 Å². The van der Waals surface area contributed by atoms with Crippen LogP contribution < -0.4 is 15.4 Å². The largest absolute Gasteiger partial charge is 0.355 e. The van der Waals surface area contributed by atoms with Gasteiger partial charge in [0.2, 0.25) is 10.0 Å². The van der Waals surface area contributed by atoms with E-state index >= 15 is 0 Å². The Balaban J connectivity index is 1.63. The second-order valence-corrected chi connectivity index (χ2v) is 10.0. The Morgan fingerprint density at radius 3 is 2.42 bits per heavy atom. The van der Waals surface area contributed by atoms with Gasteiger partial charge in [-0.3, -0.25) is 4.99 Å². The highest BCUT2D eigenvalue weighted by molar-refractivity contribution is 7.89. The minimum absolute atomic E-state index is 0.0766. The zero-order valence-electron chi connectivity index (χ0n) is 16.6. The van der Waals surface area contributed by atoms with Crippen molar-refractivity contribution in [1.82, 2.24) is 20.3 Å². The van der Waals surface area contributed by atoms with Gasteiger partial charge in [0.15, 0.2) is 5.96 Å². The smallest absolute Gasteiger partial charge is 0.213 e. The van der Waals surface area contributed by atoms with Crippen LogP contribution in [0.15, 0.2) is 4.99 Å². The zero-order chi connectivity index (χ0) is 19.0. The SMILES string of the molecule is CN=C(NCCS(=O)(=O)NCC1CCC1)NC1CCN(CC(C)C)CC1. The van der Waals surface area contributed by atoms with Crippen LogP contribution in [-0.4, -0.2) is 70.8 Å². The molecule has 0 atom stereocenters. The molecule has 152 valence electrons. The van der Waals surface area contributed by atoms with Gasteiger partial charge < -0.3 is 15.5 Å². The first kappa shape index (κ1) is 21.4. The van der Waals surface area contributed by atoms with E-state index in [0.29, 0.717) is 36.9 Å². The van der Waals surface area contributed by atoms with Gasteiger partial charge in [-0.2, -0.15) is 0 Å². The standard InChI is InChI=1S/C18H37N5O2S/c1-15(2)14-23-10-7-17(8-11-23)22-18(19-3)20-9-12-26(24,25)21-13-16-5-4-6-16/h15-17,21H,4-14H2,1-3H3,(H2,19,20,22). The molecule has 1 saturated carbocycles. The predicted octanol–water partition coefficient (Wildman–Crippen LogP) is 0.991. The molecule has 2 fully saturated rings. The molecule has 0 spiro atoms. The number of likely N-dealkylation sites (tertiary alicyclic amines) is 1. The lowest BCUT2D eigenvalue weighted by Gasteiger charge is -2.34. The van der Waals surface area contributed by atoms with Crippen molar-refractivity contribution >= 4 is 16.0 Å². The molecule has 26 heavy (non-hydrogen) atoms. The van der Waals surface area contributed by atoms with Gasteiger partial charge in [-0.05, 0) is 37.5 Å². The lowest BCUT2D eigenvalue weighted by Crippen LogP contribution is -2.50. The number of hydrogen-bond acceptors (Lipinski definition) is 4. The molecule has 8 heteroatoms. The summed E-state index contributed by atoms with van der Waals surface area (Å²) in [7, 11) is -1.48. The van der Waals surface area contributed by atoms with E-state index in [-0.39, 0.29) is 5.75 Å². The number of nitrogens with zero attached hydrogens (tertiary/aromatic N) is 2. The summed E-state index contributed by atoms with van der Waals surface area (Å²) in [5.41, 5.74) is 0. The Labute approximate surface area is 159 Å². The lowest BCUT2D eigenvalue weighted by molar-refractivity contribution is 0.187. The van der Waals surface area contributed by atoms with E-state index in [4.69, 9.17) is 0 Å². The fourth-order valence-corrected chi connectivity index (χ4v) is 4.49. The van der Waals surface area contributed by atoms with Crippen LogP contribution in [0.5, 0.6) is 0 Å². The molecule has 0 aromatic rings. The average molecular weight is 388 g/mol. The van der Waals surface area contributed by atoms with E-state index in [0.717, 1.165) is 45.3 Å². The summed E-state index contributed by atoms with van der Waals surface area (Å²) in [5, 5.41) is 6.57. The van der Waals surface area contributed by atoms with E-state index < -0.39 is 10.0 Å². The molecule has 1 heterocycles. The number of aliphatic imine (C=N–C) groups is 1. The number of guanidine groups is 1. The monoisotopic (exact) mass is 387 g/mol. The zero-order valence-corrected chi connectivity index (χ0v) is 17.4. The topological polar surface area (TPSA) is 85.8 Å². The quantitative estimate of drug-likeness (QED) is 0.406. The van der Waals surface area contributed by atoms with Gasteiger partial charge >= 0.3 is 0 Å². The number of sulfonamides is 1. The fraction of sp³-hybridized carbons (Fsp3) is 0.944. The Bertz CT molecular complexity index is 538. The molecular formula is C18H37N5O2S. The Morgan fingerprint density at radius 1 is 1.19 bits per heavy atom. The number of hydrogen-bond donors (Lipinski definition) is 3. The molecule has 7 nitrogen and oxygen atoms in total. The third-order valence-electron chi connectivity index (χ3n) is 5.26. The van der Waals surface area contributed by atoms with Crippen molar-refractivity contribution in [2.75, 3.05) is 45.5 Å². The average Bonchev–Trinajstić information content (AvgIpc) is 2.53. The summed E-state index contributed by atoms with van der Waals surface area (Å²) in [4.78, 5) is 6.74. The van der Waals surface area contributed by atoms with Gasteiger partial charge in [0, 0.05) is 45.8 Å². The lowest BCUT2D eigenvalue weighted by atomic mass is 9.86. The number of piperidine rings is 1. The first-order chi connectivity index (χ1) is 12.4. The molecule has 0 bridgehead atoms. The Morgan fingerprint density at radius 2 is 1.88 bits per heavy atom. The molecular weight excluding hydrogens is 350 g/mol. The minimum Gasteiger partial charge on any atom is -0.355 e. The summed E-state index contributed by atoms with van der Waals surface area (Å²) in [6, 6.07) is 0.401. The van der Waals surface area contributed by atoms with Gasteiger partial charge in [-0.1, -0.05) is 20.3 Å². The molecule has 0 amide bonds. The first-order valence-corrected chi connectivity index (χ1v) is 11.7. The van der Waals surface area contributed by atoms with Crippen LogP contribution in [0, 0.1) is 11.8 Å². The Hall–Kier alpha value is -0.860. The maximum Gasteiger partial charge on any atom is 0.213 e. The molecule has 1 saturated heterocycles. The maximum atomic E-state index is 12.0. The second kappa shape index (κ2) is 10.5. The normalized spacial score (nSPS) is 21.0. The molecule has 0 aromatic heterocycles. The molecule has 1 aliphatic heterocycles. The molecule has 0 unspecified atom stereocenters. The minimum atomic E-state index is -3.21. The van der Waals surface area contributed by atoms with Gasteiger partial charge in [0.25, 0.3) is 0 Å². The van der Waals surface area contributed by atoms with Gasteiger partial charge in [-0.25, -0.2) is 13.1 Å². The van der Waals surface area contributed by atoms with Crippen LogP contribution in [0.4, 0.5) is 0 Å².